The summed E-state index contributed by atoms with van der Waals surface area (Å²) in [6.45, 7) is 0. The molecule has 0 N–H and O–H groups in total. The molecule has 10 aromatic rings. The lowest BCUT2D eigenvalue weighted by molar-refractivity contribution is 0.670. The van der Waals surface area contributed by atoms with E-state index in [0.717, 1.165) is 50.1 Å². The molecule has 0 amide bonds. The highest BCUT2D eigenvalue weighted by Gasteiger charge is 2.19. The maximum Gasteiger partial charge on any atom is 0.143 e. The standard InChI is InChI=1S/C46H29NOS/c1-2-11-32-28-35(26-20-30(32)10-1)47(34-24-21-31(22-25-34)37-15-9-16-40-38-13-4-7-18-43(38)48-46(37)40)42-17-6-3-12-36(42)33-23-27-45-41(29-33)39-14-5-8-19-44(39)49-45/h1-29H. The monoisotopic (exact) mass is 643 g/mol. The van der Waals surface area contributed by atoms with Crippen LogP contribution in [0.25, 0.3) is 75.1 Å². The van der Waals surface area contributed by atoms with E-state index in [1.165, 1.54) is 42.1 Å². The van der Waals surface area contributed by atoms with Gasteiger partial charge in [-0.05, 0) is 76.5 Å². The lowest BCUT2D eigenvalue weighted by Crippen LogP contribution is -2.11. The van der Waals surface area contributed by atoms with Crippen molar-refractivity contribution in [3.05, 3.63) is 176 Å². The van der Waals surface area contributed by atoms with Gasteiger partial charge in [-0.15, -0.1) is 11.3 Å². The van der Waals surface area contributed by atoms with Crippen molar-refractivity contribution in [2.24, 2.45) is 0 Å². The van der Waals surface area contributed by atoms with Gasteiger partial charge in [0.15, 0.2) is 0 Å². The number of benzene rings is 8. The summed E-state index contributed by atoms with van der Waals surface area (Å²) in [6.07, 6.45) is 0. The topological polar surface area (TPSA) is 16.4 Å². The van der Waals surface area contributed by atoms with Crippen molar-refractivity contribution in [3.8, 4) is 22.3 Å². The number of hydrogen-bond acceptors (Lipinski definition) is 3. The number of furan rings is 1. The number of hydrogen-bond donors (Lipinski definition) is 0. The van der Waals surface area contributed by atoms with Crippen molar-refractivity contribution in [2.45, 2.75) is 0 Å². The number of fused-ring (bicyclic) bond motifs is 7. The summed E-state index contributed by atoms with van der Waals surface area (Å²) in [5, 5.41) is 7.32. The van der Waals surface area contributed by atoms with Gasteiger partial charge in [0.1, 0.15) is 11.2 Å². The number of anilines is 3. The van der Waals surface area contributed by atoms with Gasteiger partial charge >= 0.3 is 0 Å². The molecule has 8 aromatic carbocycles. The molecule has 230 valence electrons. The molecule has 49 heavy (non-hydrogen) atoms. The third-order valence-electron chi connectivity index (χ3n) is 9.66. The fraction of sp³-hybridized carbons (Fsp3) is 0. The van der Waals surface area contributed by atoms with E-state index in [0.29, 0.717) is 0 Å². The molecule has 3 heteroatoms. The molecule has 0 saturated carbocycles. The zero-order chi connectivity index (χ0) is 32.3. The Hall–Kier alpha value is -6.16. The zero-order valence-corrected chi connectivity index (χ0v) is 27.3. The highest BCUT2D eigenvalue weighted by Crippen LogP contribution is 2.44. The SMILES string of the molecule is c1ccc(N(c2ccc(-c3cccc4c3oc3ccccc34)cc2)c2ccc3ccccc3c2)c(-c2ccc3sc4ccccc4c3c2)c1. The molecule has 0 unspecified atom stereocenters. The normalized spacial score (nSPS) is 11.7. The Morgan fingerprint density at radius 2 is 1.08 bits per heavy atom. The Morgan fingerprint density at radius 3 is 2.00 bits per heavy atom. The van der Waals surface area contributed by atoms with Crippen LogP contribution in [-0.2, 0) is 0 Å². The second-order valence-electron chi connectivity index (χ2n) is 12.5. The molecule has 0 fully saturated rings. The van der Waals surface area contributed by atoms with Crippen molar-refractivity contribution < 1.29 is 4.42 Å². The summed E-state index contributed by atoms with van der Waals surface area (Å²) >= 11 is 1.85. The maximum atomic E-state index is 6.40. The molecular formula is C46H29NOS. The van der Waals surface area contributed by atoms with Crippen LogP contribution >= 0.6 is 11.3 Å². The third-order valence-corrected chi connectivity index (χ3v) is 10.8. The van der Waals surface area contributed by atoms with Crippen LogP contribution < -0.4 is 4.90 Å². The first-order valence-electron chi connectivity index (χ1n) is 16.6. The summed E-state index contributed by atoms with van der Waals surface area (Å²) in [4.78, 5) is 2.39. The molecule has 0 bridgehead atoms. The minimum absolute atomic E-state index is 0.911. The molecule has 0 aliphatic heterocycles. The zero-order valence-electron chi connectivity index (χ0n) is 26.5. The summed E-state index contributed by atoms with van der Waals surface area (Å²) in [5.74, 6) is 0. The Morgan fingerprint density at radius 1 is 0.408 bits per heavy atom. The molecule has 2 aromatic heterocycles. The molecule has 2 nitrogen and oxygen atoms in total. The largest absolute Gasteiger partial charge is 0.455 e. The van der Waals surface area contributed by atoms with Gasteiger partial charge in [-0.2, -0.15) is 0 Å². The van der Waals surface area contributed by atoms with Gasteiger partial charge in [-0.3, -0.25) is 0 Å². The number of rotatable bonds is 5. The van der Waals surface area contributed by atoms with E-state index in [9.17, 15) is 0 Å². The van der Waals surface area contributed by atoms with E-state index < -0.39 is 0 Å². The summed E-state index contributed by atoms with van der Waals surface area (Å²) in [7, 11) is 0. The van der Waals surface area contributed by atoms with Crippen LogP contribution in [-0.4, -0.2) is 0 Å². The molecule has 0 radical (unpaired) electrons. The van der Waals surface area contributed by atoms with Gasteiger partial charge in [0, 0.05) is 53.4 Å². The highest BCUT2D eigenvalue weighted by atomic mass is 32.1. The summed E-state index contributed by atoms with van der Waals surface area (Å²) in [5.41, 5.74) is 9.76. The first kappa shape index (κ1) is 27.9. The highest BCUT2D eigenvalue weighted by molar-refractivity contribution is 7.25. The van der Waals surface area contributed by atoms with Crippen LogP contribution in [0.1, 0.15) is 0 Å². The Kier molecular flexibility index (Phi) is 6.39. The Balaban J connectivity index is 1.14. The fourth-order valence-electron chi connectivity index (χ4n) is 7.31. The van der Waals surface area contributed by atoms with E-state index in [-0.39, 0.29) is 0 Å². The van der Waals surface area contributed by atoms with Crippen LogP contribution in [0.4, 0.5) is 17.1 Å². The molecule has 0 spiro atoms. The minimum Gasteiger partial charge on any atom is -0.455 e. The fourth-order valence-corrected chi connectivity index (χ4v) is 8.40. The quantitative estimate of drug-likeness (QED) is 0.186. The van der Waals surface area contributed by atoms with Crippen LogP contribution in [0.3, 0.4) is 0 Å². The molecule has 0 atom stereocenters. The average Bonchev–Trinajstić information content (AvgIpc) is 3.74. The van der Waals surface area contributed by atoms with E-state index in [4.69, 9.17) is 4.42 Å². The number of thiophene rings is 1. The van der Waals surface area contributed by atoms with Gasteiger partial charge in [0.2, 0.25) is 0 Å². The smallest absolute Gasteiger partial charge is 0.143 e. The summed E-state index contributed by atoms with van der Waals surface area (Å²) < 4.78 is 9.03. The molecule has 2 heterocycles. The number of nitrogens with zero attached hydrogens (tertiary/aromatic N) is 1. The van der Waals surface area contributed by atoms with Crippen LogP contribution in [0.15, 0.2) is 180 Å². The van der Waals surface area contributed by atoms with E-state index in [1.54, 1.807) is 0 Å². The second-order valence-corrected chi connectivity index (χ2v) is 13.6. The lowest BCUT2D eigenvalue weighted by atomic mass is 9.98. The van der Waals surface area contributed by atoms with Crippen molar-refractivity contribution in [3.63, 3.8) is 0 Å². The molecule has 10 rings (SSSR count). The predicted octanol–water partition coefficient (Wildman–Crippen LogP) is 13.9. The van der Waals surface area contributed by atoms with Crippen molar-refractivity contribution in [1.82, 2.24) is 0 Å². The Bertz CT molecular complexity index is 2840. The van der Waals surface area contributed by atoms with Gasteiger partial charge in [-0.1, -0.05) is 121 Å². The van der Waals surface area contributed by atoms with Crippen LogP contribution in [0.2, 0.25) is 0 Å². The molecule has 0 saturated heterocycles. The van der Waals surface area contributed by atoms with Crippen molar-refractivity contribution in [1.29, 1.82) is 0 Å². The lowest BCUT2D eigenvalue weighted by Gasteiger charge is -2.28. The van der Waals surface area contributed by atoms with E-state index >= 15 is 0 Å². The first-order valence-corrected chi connectivity index (χ1v) is 17.4. The van der Waals surface area contributed by atoms with Gasteiger partial charge < -0.3 is 9.32 Å². The van der Waals surface area contributed by atoms with Gasteiger partial charge in [-0.25, -0.2) is 0 Å². The molecule has 0 aliphatic carbocycles. The van der Waals surface area contributed by atoms with E-state index in [2.05, 4.69) is 169 Å². The Labute approximate surface area is 287 Å². The van der Waals surface area contributed by atoms with Gasteiger partial charge in [0.05, 0.1) is 5.69 Å². The van der Waals surface area contributed by atoms with Crippen molar-refractivity contribution in [2.75, 3.05) is 4.90 Å². The third kappa shape index (κ3) is 4.62. The molecule has 0 aliphatic rings. The van der Waals surface area contributed by atoms with Crippen LogP contribution in [0.5, 0.6) is 0 Å². The number of para-hydroxylation sites is 3. The maximum absolute atomic E-state index is 6.40. The minimum atomic E-state index is 0.911. The summed E-state index contributed by atoms with van der Waals surface area (Å²) in [6, 6.07) is 63.3. The van der Waals surface area contributed by atoms with Crippen LogP contribution in [0, 0.1) is 0 Å². The van der Waals surface area contributed by atoms with E-state index in [1.807, 2.05) is 23.5 Å². The predicted molar refractivity (Wildman–Crippen MR) is 210 cm³/mol. The van der Waals surface area contributed by atoms with Gasteiger partial charge in [0.25, 0.3) is 0 Å². The molecular weight excluding hydrogens is 615 g/mol. The average molecular weight is 644 g/mol. The second kappa shape index (κ2) is 11.2. The first-order chi connectivity index (χ1) is 24.3. The van der Waals surface area contributed by atoms with Crippen molar-refractivity contribution >= 4 is 81.3 Å².